The Labute approximate surface area is 114 Å². The van der Waals surface area contributed by atoms with Crippen LogP contribution in [-0.4, -0.2) is 38.1 Å². The summed E-state index contributed by atoms with van der Waals surface area (Å²) < 4.78 is 0. The third-order valence-electron chi connectivity index (χ3n) is 3.63. The Hall–Kier alpha value is -1.43. The lowest BCUT2D eigenvalue weighted by molar-refractivity contribution is -0.118. The zero-order chi connectivity index (χ0) is 13.8. The number of aryl methyl sites for hydroxylation is 1. The predicted octanol–water partition coefficient (Wildman–Crippen LogP) is 0.491. The minimum absolute atomic E-state index is 0.203. The van der Waals surface area contributed by atoms with E-state index in [1.165, 1.54) is 11.1 Å². The molecule has 0 bridgehead atoms. The first-order valence-corrected chi connectivity index (χ1v) is 6.62. The van der Waals surface area contributed by atoms with Gasteiger partial charge in [-0.1, -0.05) is 12.1 Å². The summed E-state index contributed by atoms with van der Waals surface area (Å²) in [4.78, 5) is 15.5. The van der Waals surface area contributed by atoms with Crippen molar-refractivity contribution in [2.24, 2.45) is 5.84 Å². The van der Waals surface area contributed by atoms with Gasteiger partial charge in [-0.25, -0.2) is 5.43 Å². The lowest BCUT2D eigenvalue weighted by atomic mass is 9.98. The maximum atomic E-state index is 11.6. The molecule has 1 aromatic carbocycles. The number of hydrogen-bond acceptors (Lipinski definition) is 4. The maximum Gasteiger partial charge on any atom is 0.227 e. The summed E-state index contributed by atoms with van der Waals surface area (Å²) in [6.45, 7) is 1.64. The average Bonchev–Trinajstić information content (AvgIpc) is 2.41. The molecule has 3 N–H and O–H groups in total. The van der Waals surface area contributed by atoms with Gasteiger partial charge in [0.05, 0.1) is 6.67 Å². The molecule has 0 fully saturated rings. The lowest BCUT2D eigenvalue weighted by Gasteiger charge is -2.26. The van der Waals surface area contributed by atoms with Gasteiger partial charge < -0.3 is 4.90 Å². The van der Waals surface area contributed by atoms with E-state index in [0.29, 0.717) is 13.1 Å². The van der Waals surface area contributed by atoms with Crippen molar-refractivity contribution >= 4 is 11.6 Å². The average molecular weight is 262 g/mol. The van der Waals surface area contributed by atoms with Crippen LogP contribution >= 0.6 is 0 Å². The molecule has 0 saturated heterocycles. The number of likely N-dealkylation sites (N-methyl/N-ethyl adjacent to an activating group) is 1. The van der Waals surface area contributed by atoms with Crippen LogP contribution in [0.15, 0.2) is 18.2 Å². The van der Waals surface area contributed by atoms with Crippen LogP contribution in [-0.2, 0) is 17.6 Å². The van der Waals surface area contributed by atoms with E-state index >= 15 is 0 Å². The number of nitrogens with zero attached hydrogens (tertiary/aromatic N) is 2. The SMILES string of the molecule is CN(CCc1ccc2c(c1)CCC(=O)N2C)CNN. The van der Waals surface area contributed by atoms with Crippen LogP contribution in [0.5, 0.6) is 0 Å². The molecule has 0 atom stereocenters. The van der Waals surface area contributed by atoms with E-state index in [0.717, 1.165) is 25.1 Å². The second kappa shape index (κ2) is 6.14. The van der Waals surface area contributed by atoms with Gasteiger partial charge in [0.2, 0.25) is 5.91 Å². The third kappa shape index (κ3) is 3.32. The molecular weight excluding hydrogens is 240 g/mol. The molecule has 2 rings (SSSR count). The summed E-state index contributed by atoms with van der Waals surface area (Å²) in [7, 11) is 3.88. The lowest BCUT2D eigenvalue weighted by Crippen LogP contribution is -2.36. The topological polar surface area (TPSA) is 61.6 Å². The third-order valence-corrected chi connectivity index (χ3v) is 3.63. The Balaban J connectivity index is 2.03. The van der Waals surface area contributed by atoms with Crippen molar-refractivity contribution in [3.8, 4) is 0 Å². The van der Waals surface area contributed by atoms with E-state index in [1.807, 2.05) is 14.1 Å². The van der Waals surface area contributed by atoms with Crippen molar-refractivity contribution in [3.63, 3.8) is 0 Å². The number of carbonyl (C=O) groups excluding carboxylic acids is 1. The molecule has 0 spiro atoms. The number of hydrogen-bond donors (Lipinski definition) is 2. The number of nitrogens with one attached hydrogen (secondary N) is 1. The van der Waals surface area contributed by atoms with Gasteiger partial charge in [0.15, 0.2) is 0 Å². The standard InChI is InChI=1S/C14H22N4O/c1-17(10-16-15)8-7-11-3-5-13-12(9-11)4-6-14(19)18(13)2/h3,5,9,16H,4,6-8,10,15H2,1-2H3. The molecule has 1 aliphatic heterocycles. The van der Waals surface area contributed by atoms with Gasteiger partial charge in [0.25, 0.3) is 0 Å². The van der Waals surface area contributed by atoms with Crippen molar-refractivity contribution in [2.75, 3.05) is 32.2 Å². The number of benzene rings is 1. The Kier molecular flexibility index (Phi) is 4.52. The summed E-state index contributed by atoms with van der Waals surface area (Å²) in [6.07, 6.45) is 2.46. The highest BCUT2D eigenvalue weighted by Crippen LogP contribution is 2.27. The second-order valence-electron chi connectivity index (χ2n) is 5.11. The molecule has 104 valence electrons. The van der Waals surface area contributed by atoms with Gasteiger partial charge in [-0.05, 0) is 37.1 Å². The second-order valence-corrected chi connectivity index (χ2v) is 5.11. The minimum atomic E-state index is 0.203. The summed E-state index contributed by atoms with van der Waals surface area (Å²) in [5, 5.41) is 0. The molecule has 1 aliphatic rings. The molecule has 5 heteroatoms. The van der Waals surface area contributed by atoms with E-state index < -0.39 is 0 Å². The van der Waals surface area contributed by atoms with E-state index in [4.69, 9.17) is 5.84 Å². The summed E-state index contributed by atoms with van der Waals surface area (Å²) in [5.74, 6) is 5.49. The number of rotatable bonds is 5. The fourth-order valence-electron chi connectivity index (χ4n) is 2.42. The highest BCUT2D eigenvalue weighted by molar-refractivity contribution is 5.95. The largest absolute Gasteiger partial charge is 0.315 e. The van der Waals surface area contributed by atoms with Gasteiger partial charge in [0, 0.05) is 25.7 Å². The number of nitrogens with two attached hydrogens (primary N) is 1. The summed E-state index contributed by atoms with van der Waals surface area (Å²) >= 11 is 0. The molecule has 0 aromatic heterocycles. The van der Waals surface area contributed by atoms with Crippen molar-refractivity contribution in [1.82, 2.24) is 10.3 Å². The Bertz CT molecular complexity index is 461. The zero-order valence-corrected chi connectivity index (χ0v) is 11.6. The van der Waals surface area contributed by atoms with Crippen molar-refractivity contribution in [3.05, 3.63) is 29.3 Å². The zero-order valence-electron chi connectivity index (χ0n) is 11.6. The number of amides is 1. The van der Waals surface area contributed by atoms with Crippen molar-refractivity contribution in [1.29, 1.82) is 0 Å². The molecule has 1 amide bonds. The molecular formula is C14H22N4O. The Morgan fingerprint density at radius 1 is 1.42 bits per heavy atom. The molecule has 0 saturated carbocycles. The quantitative estimate of drug-likeness (QED) is 0.460. The first-order chi connectivity index (χ1) is 9.11. The molecule has 0 unspecified atom stereocenters. The molecule has 0 aliphatic carbocycles. The van der Waals surface area contributed by atoms with Crippen LogP contribution in [0.3, 0.4) is 0 Å². The maximum absolute atomic E-state index is 11.6. The van der Waals surface area contributed by atoms with E-state index in [2.05, 4.69) is 28.5 Å². The molecule has 0 radical (unpaired) electrons. The van der Waals surface area contributed by atoms with Gasteiger partial charge in [-0.3, -0.25) is 15.5 Å². The van der Waals surface area contributed by atoms with Gasteiger partial charge in [-0.2, -0.15) is 0 Å². The van der Waals surface area contributed by atoms with Gasteiger partial charge in [-0.15, -0.1) is 0 Å². The van der Waals surface area contributed by atoms with E-state index in [1.54, 1.807) is 4.90 Å². The Morgan fingerprint density at radius 3 is 2.95 bits per heavy atom. The van der Waals surface area contributed by atoms with Crippen LogP contribution in [0.4, 0.5) is 5.69 Å². The molecule has 1 heterocycles. The highest BCUT2D eigenvalue weighted by atomic mass is 16.2. The first-order valence-electron chi connectivity index (χ1n) is 6.62. The van der Waals surface area contributed by atoms with E-state index in [9.17, 15) is 4.79 Å². The van der Waals surface area contributed by atoms with Crippen LogP contribution in [0.25, 0.3) is 0 Å². The highest BCUT2D eigenvalue weighted by Gasteiger charge is 2.20. The number of fused-ring (bicyclic) bond motifs is 1. The minimum Gasteiger partial charge on any atom is -0.315 e. The normalized spacial score (nSPS) is 14.9. The number of hydrazine groups is 1. The van der Waals surface area contributed by atoms with Crippen LogP contribution in [0.1, 0.15) is 17.5 Å². The van der Waals surface area contributed by atoms with Crippen molar-refractivity contribution < 1.29 is 4.79 Å². The van der Waals surface area contributed by atoms with E-state index in [-0.39, 0.29) is 5.91 Å². The van der Waals surface area contributed by atoms with Crippen LogP contribution in [0.2, 0.25) is 0 Å². The Morgan fingerprint density at radius 2 is 2.21 bits per heavy atom. The summed E-state index contributed by atoms with van der Waals surface area (Å²) in [6, 6.07) is 6.39. The fraction of sp³-hybridized carbons (Fsp3) is 0.500. The van der Waals surface area contributed by atoms with Crippen LogP contribution in [0, 0.1) is 0 Å². The predicted molar refractivity (Wildman–Crippen MR) is 76.7 cm³/mol. The molecule has 5 nitrogen and oxygen atoms in total. The first kappa shape index (κ1) is 14.0. The monoisotopic (exact) mass is 262 g/mol. The van der Waals surface area contributed by atoms with Gasteiger partial charge in [0.1, 0.15) is 0 Å². The van der Waals surface area contributed by atoms with Gasteiger partial charge >= 0.3 is 0 Å². The fourth-order valence-corrected chi connectivity index (χ4v) is 2.42. The van der Waals surface area contributed by atoms with Crippen molar-refractivity contribution in [2.45, 2.75) is 19.3 Å². The molecule has 19 heavy (non-hydrogen) atoms. The smallest absolute Gasteiger partial charge is 0.227 e. The summed E-state index contributed by atoms with van der Waals surface area (Å²) in [5.41, 5.74) is 6.29. The molecule has 1 aromatic rings. The number of anilines is 1. The number of carbonyl (C=O) groups is 1. The van der Waals surface area contributed by atoms with Crippen LogP contribution < -0.4 is 16.2 Å².